The molecule has 0 N–H and O–H groups in total. The second kappa shape index (κ2) is 5.75. The molecule has 0 fully saturated rings. The molecule has 0 heterocycles. The smallest absolute Gasteiger partial charge is 0.327 e. The minimum Gasteiger partial charge on any atom is -0.497 e. The number of rotatable bonds is 4. The highest BCUT2D eigenvalue weighted by molar-refractivity contribution is 5.81. The third-order valence-electron chi connectivity index (χ3n) is 2.27. The molecule has 0 aromatic heterocycles. The number of nitrogens with zero attached hydrogens (tertiary/aromatic N) is 1. The number of hydrogen-bond donors (Lipinski definition) is 0. The molecule has 0 bridgehead atoms. The molecule has 1 unspecified atom stereocenters. The van der Waals surface area contributed by atoms with Gasteiger partial charge in [-0.2, -0.15) is 5.26 Å². The van der Waals surface area contributed by atoms with Crippen molar-refractivity contribution in [1.29, 1.82) is 5.26 Å². The van der Waals surface area contributed by atoms with E-state index in [-0.39, 0.29) is 0 Å². The Morgan fingerprint density at radius 1 is 1.18 bits per heavy atom. The van der Waals surface area contributed by atoms with Crippen LogP contribution in [0.25, 0.3) is 0 Å². The quantitative estimate of drug-likeness (QED) is 0.739. The number of methoxy groups -OCH3 is 3. The van der Waals surface area contributed by atoms with Crippen LogP contribution in [0.3, 0.4) is 0 Å². The van der Waals surface area contributed by atoms with Gasteiger partial charge in [0, 0.05) is 6.07 Å². The zero-order valence-electron chi connectivity index (χ0n) is 9.89. The number of carbonyl (C=O) groups is 1. The fourth-order valence-corrected chi connectivity index (χ4v) is 1.38. The lowest BCUT2D eigenvalue weighted by molar-refractivity contribution is -0.140. The largest absolute Gasteiger partial charge is 0.497 e. The Bertz CT molecular complexity index is 428. The van der Waals surface area contributed by atoms with Gasteiger partial charge >= 0.3 is 5.97 Å². The van der Waals surface area contributed by atoms with Crippen LogP contribution in [-0.4, -0.2) is 27.3 Å². The summed E-state index contributed by atoms with van der Waals surface area (Å²) in [5, 5.41) is 8.98. The van der Waals surface area contributed by atoms with E-state index in [0.29, 0.717) is 17.1 Å². The zero-order valence-corrected chi connectivity index (χ0v) is 9.89. The van der Waals surface area contributed by atoms with E-state index in [1.54, 1.807) is 18.2 Å². The topological polar surface area (TPSA) is 68.6 Å². The third-order valence-corrected chi connectivity index (χ3v) is 2.27. The van der Waals surface area contributed by atoms with Gasteiger partial charge in [0.2, 0.25) is 0 Å². The average Bonchev–Trinajstić information content (AvgIpc) is 2.38. The summed E-state index contributed by atoms with van der Waals surface area (Å²) in [4.78, 5) is 11.4. The van der Waals surface area contributed by atoms with Crippen molar-refractivity contribution in [3.63, 3.8) is 0 Å². The predicted octanol–water partition coefficient (Wildman–Crippen LogP) is 1.48. The van der Waals surface area contributed by atoms with E-state index in [2.05, 4.69) is 4.74 Å². The summed E-state index contributed by atoms with van der Waals surface area (Å²) in [5.41, 5.74) is 0.482. The van der Waals surface area contributed by atoms with Crippen LogP contribution in [0.5, 0.6) is 11.5 Å². The van der Waals surface area contributed by atoms with Gasteiger partial charge < -0.3 is 14.2 Å². The molecular formula is C12H13NO4. The van der Waals surface area contributed by atoms with Gasteiger partial charge in [-0.05, 0) is 17.7 Å². The summed E-state index contributed by atoms with van der Waals surface area (Å²) in [6.45, 7) is 0. The average molecular weight is 235 g/mol. The van der Waals surface area contributed by atoms with Gasteiger partial charge in [-0.15, -0.1) is 0 Å². The van der Waals surface area contributed by atoms with Gasteiger partial charge in [0.15, 0.2) is 5.92 Å². The molecule has 0 aliphatic carbocycles. The molecular weight excluding hydrogens is 222 g/mol. The van der Waals surface area contributed by atoms with Crippen LogP contribution in [-0.2, 0) is 9.53 Å². The molecule has 0 saturated carbocycles. The van der Waals surface area contributed by atoms with Crippen molar-refractivity contribution in [3.8, 4) is 17.6 Å². The predicted molar refractivity (Wildman–Crippen MR) is 59.9 cm³/mol. The highest BCUT2D eigenvalue weighted by Crippen LogP contribution is 2.27. The molecule has 0 aliphatic heterocycles. The molecule has 5 heteroatoms. The van der Waals surface area contributed by atoms with Crippen LogP contribution < -0.4 is 9.47 Å². The number of hydrogen-bond acceptors (Lipinski definition) is 5. The first-order valence-corrected chi connectivity index (χ1v) is 4.86. The number of nitriles is 1. The number of benzene rings is 1. The summed E-state index contributed by atoms with van der Waals surface area (Å²) in [7, 11) is 4.24. The van der Waals surface area contributed by atoms with Crippen molar-refractivity contribution >= 4 is 5.97 Å². The van der Waals surface area contributed by atoms with E-state index in [0.717, 1.165) is 0 Å². The molecule has 0 aliphatic rings. The van der Waals surface area contributed by atoms with Crippen LogP contribution in [0, 0.1) is 11.3 Å². The fourth-order valence-electron chi connectivity index (χ4n) is 1.38. The first kappa shape index (κ1) is 12.8. The number of carbonyl (C=O) groups excluding carboxylic acids is 1. The summed E-state index contributed by atoms with van der Waals surface area (Å²) in [6, 6.07) is 6.76. The van der Waals surface area contributed by atoms with Crippen LogP contribution >= 0.6 is 0 Å². The molecule has 1 rings (SSSR count). The molecule has 1 aromatic carbocycles. The van der Waals surface area contributed by atoms with Gasteiger partial charge in [0.05, 0.1) is 27.4 Å². The maximum atomic E-state index is 11.4. The Labute approximate surface area is 99.5 Å². The molecule has 0 amide bonds. The lowest BCUT2D eigenvalue weighted by atomic mass is 10.0. The summed E-state index contributed by atoms with van der Waals surface area (Å²) in [5.74, 6) is -0.557. The monoisotopic (exact) mass is 235 g/mol. The van der Waals surface area contributed by atoms with Crippen molar-refractivity contribution in [2.45, 2.75) is 5.92 Å². The van der Waals surface area contributed by atoms with Gasteiger partial charge in [-0.3, -0.25) is 4.79 Å². The Balaban J connectivity index is 3.19. The van der Waals surface area contributed by atoms with Gasteiger partial charge in [-0.25, -0.2) is 0 Å². The first-order chi connectivity index (χ1) is 8.15. The lowest BCUT2D eigenvalue weighted by Crippen LogP contribution is -2.12. The molecule has 0 saturated heterocycles. The second-order valence-electron chi connectivity index (χ2n) is 3.23. The van der Waals surface area contributed by atoms with Crippen LogP contribution in [0.4, 0.5) is 0 Å². The Morgan fingerprint density at radius 3 is 2.06 bits per heavy atom. The number of ether oxygens (including phenoxy) is 3. The van der Waals surface area contributed by atoms with E-state index < -0.39 is 11.9 Å². The molecule has 0 radical (unpaired) electrons. The molecule has 5 nitrogen and oxygen atoms in total. The van der Waals surface area contributed by atoms with E-state index in [1.165, 1.54) is 21.3 Å². The summed E-state index contributed by atoms with van der Waals surface area (Å²) >= 11 is 0. The van der Waals surface area contributed by atoms with Gasteiger partial charge in [0.25, 0.3) is 0 Å². The minimum atomic E-state index is -0.982. The summed E-state index contributed by atoms with van der Waals surface area (Å²) in [6.07, 6.45) is 0. The Hall–Kier alpha value is -2.22. The maximum absolute atomic E-state index is 11.4. The fraction of sp³-hybridized carbons (Fsp3) is 0.333. The second-order valence-corrected chi connectivity index (χ2v) is 3.23. The van der Waals surface area contributed by atoms with Crippen molar-refractivity contribution in [3.05, 3.63) is 23.8 Å². The number of esters is 1. The third kappa shape index (κ3) is 2.88. The van der Waals surface area contributed by atoms with Crippen LogP contribution in [0.1, 0.15) is 11.5 Å². The normalized spacial score (nSPS) is 11.2. The Morgan fingerprint density at radius 2 is 1.71 bits per heavy atom. The molecule has 17 heavy (non-hydrogen) atoms. The first-order valence-electron chi connectivity index (χ1n) is 4.86. The molecule has 1 atom stereocenters. The van der Waals surface area contributed by atoms with Gasteiger partial charge in [0.1, 0.15) is 11.5 Å². The lowest BCUT2D eigenvalue weighted by Gasteiger charge is -2.11. The van der Waals surface area contributed by atoms with E-state index in [4.69, 9.17) is 14.7 Å². The zero-order chi connectivity index (χ0) is 12.8. The Kier molecular flexibility index (Phi) is 4.35. The SMILES string of the molecule is COC(=O)C(C#N)c1cc(OC)cc(OC)c1. The van der Waals surface area contributed by atoms with Crippen molar-refractivity contribution < 1.29 is 19.0 Å². The molecule has 1 aromatic rings. The highest BCUT2D eigenvalue weighted by Gasteiger charge is 2.22. The highest BCUT2D eigenvalue weighted by atomic mass is 16.5. The van der Waals surface area contributed by atoms with Crippen molar-refractivity contribution in [1.82, 2.24) is 0 Å². The summed E-state index contributed by atoms with van der Waals surface area (Å²) < 4.78 is 14.7. The van der Waals surface area contributed by atoms with E-state index in [9.17, 15) is 4.79 Å². The van der Waals surface area contributed by atoms with Gasteiger partial charge in [-0.1, -0.05) is 0 Å². The molecule has 90 valence electrons. The molecule has 0 spiro atoms. The van der Waals surface area contributed by atoms with Crippen molar-refractivity contribution in [2.75, 3.05) is 21.3 Å². The van der Waals surface area contributed by atoms with Crippen LogP contribution in [0.15, 0.2) is 18.2 Å². The van der Waals surface area contributed by atoms with Crippen molar-refractivity contribution in [2.24, 2.45) is 0 Å². The standard InChI is InChI=1S/C12H13NO4/c1-15-9-4-8(5-10(6-9)16-2)11(7-13)12(14)17-3/h4-6,11H,1-3H3. The minimum absolute atomic E-state index is 0.482. The maximum Gasteiger partial charge on any atom is 0.327 e. The van der Waals surface area contributed by atoms with E-state index >= 15 is 0 Å². The van der Waals surface area contributed by atoms with Crippen LogP contribution in [0.2, 0.25) is 0 Å². The van der Waals surface area contributed by atoms with E-state index in [1.807, 2.05) is 6.07 Å².